The fraction of sp³-hybridized carbons (Fsp3) is 0.300. The minimum Gasteiger partial charge on any atom is -0.497 e. The SMILES string of the molecule is COc1cccc(C2(C)NC(=O)N(CC(O)COc3c(Cl)cccc3Cl)C2=O)c1. The molecule has 2 unspecified atom stereocenters. The Labute approximate surface area is 178 Å². The number of hydrogen-bond donors (Lipinski definition) is 2. The molecule has 1 heterocycles. The highest BCUT2D eigenvalue weighted by Gasteiger charge is 2.49. The molecule has 1 aliphatic rings. The Morgan fingerprint density at radius 3 is 2.48 bits per heavy atom. The van der Waals surface area contributed by atoms with E-state index in [2.05, 4.69) is 5.32 Å². The number of para-hydroxylation sites is 1. The number of aliphatic hydroxyl groups is 1. The minimum atomic E-state index is -1.27. The lowest BCUT2D eigenvalue weighted by molar-refractivity contribution is -0.132. The van der Waals surface area contributed by atoms with E-state index in [1.54, 1.807) is 49.4 Å². The van der Waals surface area contributed by atoms with Crippen molar-refractivity contribution < 1.29 is 24.2 Å². The van der Waals surface area contributed by atoms with Crippen molar-refractivity contribution in [2.75, 3.05) is 20.3 Å². The van der Waals surface area contributed by atoms with Crippen LogP contribution in [0.5, 0.6) is 11.5 Å². The number of nitrogens with zero attached hydrogens (tertiary/aromatic N) is 1. The second kappa shape index (κ2) is 8.49. The van der Waals surface area contributed by atoms with Crippen LogP contribution in [0.1, 0.15) is 12.5 Å². The highest BCUT2D eigenvalue weighted by atomic mass is 35.5. The van der Waals surface area contributed by atoms with E-state index in [1.165, 1.54) is 7.11 Å². The molecule has 1 saturated heterocycles. The van der Waals surface area contributed by atoms with Gasteiger partial charge < -0.3 is 19.9 Å². The van der Waals surface area contributed by atoms with Crippen LogP contribution in [-0.2, 0) is 10.3 Å². The third kappa shape index (κ3) is 4.27. The van der Waals surface area contributed by atoms with E-state index in [-0.39, 0.29) is 18.9 Å². The van der Waals surface area contributed by atoms with Crippen LogP contribution in [0.4, 0.5) is 4.79 Å². The van der Waals surface area contributed by atoms with Gasteiger partial charge in [-0.1, -0.05) is 41.4 Å². The Kier molecular flexibility index (Phi) is 6.21. The number of urea groups is 1. The van der Waals surface area contributed by atoms with E-state index in [4.69, 9.17) is 32.7 Å². The van der Waals surface area contributed by atoms with Gasteiger partial charge in [-0.2, -0.15) is 0 Å². The van der Waals surface area contributed by atoms with Crippen molar-refractivity contribution in [2.45, 2.75) is 18.6 Å². The fourth-order valence-corrected chi connectivity index (χ4v) is 3.56. The molecule has 2 aromatic carbocycles. The summed E-state index contributed by atoms with van der Waals surface area (Å²) in [6, 6.07) is 11.2. The zero-order valence-electron chi connectivity index (χ0n) is 15.8. The smallest absolute Gasteiger partial charge is 0.325 e. The first-order valence-corrected chi connectivity index (χ1v) is 9.55. The lowest BCUT2D eigenvalue weighted by Gasteiger charge is -2.23. The summed E-state index contributed by atoms with van der Waals surface area (Å²) >= 11 is 12.1. The maximum atomic E-state index is 13.0. The predicted molar refractivity (Wildman–Crippen MR) is 109 cm³/mol. The number of carbonyl (C=O) groups excluding carboxylic acids is 2. The van der Waals surface area contributed by atoms with E-state index >= 15 is 0 Å². The maximum absolute atomic E-state index is 13.0. The van der Waals surface area contributed by atoms with Gasteiger partial charge in [-0.15, -0.1) is 0 Å². The van der Waals surface area contributed by atoms with Crippen LogP contribution in [0.25, 0.3) is 0 Å². The van der Waals surface area contributed by atoms with Crippen LogP contribution in [-0.4, -0.2) is 48.3 Å². The average molecular weight is 439 g/mol. The molecule has 0 radical (unpaired) electrons. The highest BCUT2D eigenvalue weighted by molar-refractivity contribution is 6.37. The van der Waals surface area contributed by atoms with Gasteiger partial charge in [-0.3, -0.25) is 9.69 Å². The Hall–Kier alpha value is -2.48. The van der Waals surface area contributed by atoms with E-state index in [1.807, 2.05) is 0 Å². The van der Waals surface area contributed by atoms with Crippen LogP contribution >= 0.6 is 23.2 Å². The van der Waals surface area contributed by atoms with E-state index in [0.29, 0.717) is 21.4 Å². The summed E-state index contributed by atoms with van der Waals surface area (Å²) in [4.78, 5) is 26.3. The maximum Gasteiger partial charge on any atom is 0.325 e. The van der Waals surface area contributed by atoms with Crippen molar-refractivity contribution in [1.82, 2.24) is 10.2 Å². The van der Waals surface area contributed by atoms with Crippen LogP contribution in [0.15, 0.2) is 42.5 Å². The van der Waals surface area contributed by atoms with Crippen molar-refractivity contribution in [3.05, 3.63) is 58.1 Å². The molecular weight excluding hydrogens is 419 g/mol. The molecule has 3 amide bonds. The molecule has 0 aliphatic carbocycles. The molecule has 0 spiro atoms. The van der Waals surface area contributed by atoms with Crippen LogP contribution in [0.2, 0.25) is 10.0 Å². The molecule has 154 valence electrons. The highest BCUT2D eigenvalue weighted by Crippen LogP contribution is 2.33. The summed E-state index contributed by atoms with van der Waals surface area (Å²) < 4.78 is 10.7. The number of ether oxygens (including phenoxy) is 2. The molecular formula is C20H20Cl2N2O5. The summed E-state index contributed by atoms with van der Waals surface area (Å²) in [5, 5.41) is 13.6. The van der Waals surface area contributed by atoms with Gasteiger partial charge in [-0.25, -0.2) is 4.79 Å². The minimum absolute atomic E-state index is 0.198. The Morgan fingerprint density at radius 2 is 1.83 bits per heavy atom. The Balaban J connectivity index is 1.69. The average Bonchev–Trinajstić information content (AvgIpc) is 2.91. The fourth-order valence-electron chi connectivity index (χ4n) is 3.06. The summed E-state index contributed by atoms with van der Waals surface area (Å²) in [5.74, 6) is 0.313. The standard InChI is InChI=1S/C20H20Cl2N2O5/c1-20(12-5-3-6-14(9-12)28-2)18(26)24(19(27)23-20)10-13(25)11-29-17-15(21)7-4-8-16(17)22/h3-9,13,25H,10-11H2,1-2H3,(H,23,27). The lowest BCUT2D eigenvalue weighted by atomic mass is 9.92. The second-order valence-electron chi connectivity index (χ2n) is 6.72. The molecule has 7 nitrogen and oxygen atoms in total. The van der Waals surface area contributed by atoms with Gasteiger partial charge in [0, 0.05) is 0 Å². The van der Waals surface area contributed by atoms with Crippen LogP contribution < -0.4 is 14.8 Å². The second-order valence-corrected chi connectivity index (χ2v) is 7.53. The number of nitrogens with one attached hydrogen (secondary N) is 1. The molecule has 2 aromatic rings. The van der Waals surface area contributed by atoms with Gasteiger partial charge in [-0.05, 0) is 36.8 Å². The number of β-amino-alcohol motifs (C(OH)–C–C–N with tert-alkyl or cyclic N) is 1. The molecule has 3 rings (SSSR count). The number of rotatable bonds is 7. The predicted octanol–water partition coefficient (Wildman–Crippen LogP) is 3.21. The third-order valence-electron chi connectivity index (χ3n) is 4.65. The normalized spacial score (nSPS) is 19.8. The van der Waals surface area contributed by atoms with Gasteiger partial charge >= 0.3 is 6.03 Å². The number of benzene rings is 2. The molecule has 1 fully saturated rings. The number of amides is 3. The first-order valence-electron chi connectivity index (χ1n) is 8.79. The van der Waals surface area contributed by atoms with Gasteiger partial charge in [0.05, 0.1) is 23.7 Å². The van der Waals surface area contributed by atoms with Crippen molar-refractivity contribution in [1.29, 1.82) is 0 Å². The van der Waals surface area contributed by atoms with Gasteiger partial charge in [0.25, 0.3) is 5.91 Å². The van der Waals surface area contributed by atoms with Crippen molar-refractivity contribution >= 4 is 35.1 Å². The Bertz CT molecular complexity index is 919. The molecule has 9 heteroatoms. The zero-order chi connectivity index (χ0) is 21.2. The molecule has 0 saturated carbocycles. The van der Waals surface area contributed by atoms with Crippen molar-refractivity contribution in [2.24, 2.45) is 0 Å². The van der Waals surface area contributed by atoms with Gasteiger partial charge in [0.2, 0.25) is 0 Å². The van der Waals surface area contributed by atoms with Gasteiger partial charge in [0.1, 0.15) is 24.0 Å². The molecule has 29 heavy (non-hydrogen) atoms. The van der Waals surface area contributed by atoms with Crippen molar-refractivity contribution in [3.63, 3.8) is 0 Å². The van der Waals surface area contributed by atoms with Crippen molar-refractivity contribution in [3.8, 4) is 11.5 Å². The number of methoxy groups -OCH3 is 1. The quantitative estimate of drug-likeness (QED) is 0.647. The molecule has 2 N–H and O–H groups in total. The molecule has 1 aliphatic heterocycles. The number of aliphatic hydroxyl groups excluding tert-OH is 1. The largest absolute Gasteiger partial charge is 0.497 e. The molecule has 0 aromatic heterocycles. The first kappa shape index (κ1) is 21.2. The van der Waals surface area contributed by atoms with E-state index in [9.17, 15) is 14.7 Å². The number of halogens is 2. The topological polar surface area (TPSA) is 88.1 Å². The lowest BCUT2D eigenvalue weighted by Crippen LogP contribution is -2.42. The molecule has 2 atom stereocenters. The third-order valence-corrected chi connectivity index (χ3v) is 5.25. The summed E-state index contributed by atoms with van der Waals surface area (Å²) in [5.41, 5.74) is -0.690. The van der Waals surface area contributed by atoms with Gasteiger partial charge in [0.15, 0.2) is 5.75 Å². The number of imide groups is 1. The van der Waals surface area contributed by atoms with Crippen LogP contribution in [0, 0.1) is 0 Å². The summed E-state index contributed by atoms with van der Waals surface area (Å²) in [7, 11) is 1.52. The van der Waals surface area contributed by atoms with Crippen LogP contribution in [0.3, 0.4) is 0 Å². The summed E-state index contributed by atoms with van der Waals surface area (Å²) in [6.07, 6.45) is -1.13. The molecule has 0 bridgehead atoms. The summed E-state index contributed by atoms with van der Waals surface area (Å²) in [6.45, 7) is 1.16. The first-order chi connectivity index (χ1) is 13.8. The monoisotopic (exact) mass is 438 g/mol. The Morgan fingerprint density at radius 1 is 1.17 bits per heavy atom. The van der Waals surface area contributed by atoms with E-state index in [0.717, 1.165) is 4.90 Å². The number of carbonyl (C=O) groups is 2. The zero-order valence-corrected chi connectivity index (χ0v) is 17.3. The van der Waals surface area contributed by atoms with E-state index < -0.39 is 23.6 Å². The number of hydrogen-bond acceptors (Lipinski definition) is 5.